The Morgan fingerprint density at radius 2 is 1.96 bits per heavy atom. The molecular formula is C19H18F3N5O. The first kappa shape index (κ1) is 18.3. The third kappa shape index (κ3) is 3.17. The van der Waals surface area contributed by atoms with Crippen molar-refractivity contribution in [2.45, 2.75) is 26.1 Å². The van der Waals surface area contributed by atoms with Crippen LogP contribution in [-0.4, -0.2) is 31.8 Å². The molecule has 1 aliphatic rings. The fourth-order valence-electron chi connectivity index (χ4n) is 3.59. The van der Waals surface area contributed by atoms with Crippen LogP contribution in [0.15, 0.2) is 30.7 Å². The van der Waals surface area contributed by atoms with Crippen molar-refractivity contribution in [1.82, 2.24) is 24.6 Å². The molecule has 6 nitrogen and oxygen atoms in total. The number of rotatable bonds is 3. The lowest BCUT2D eigenvalue weighted by molar-refractivity contribution is -0.140. The van der Waals surface area contributed by atoms with Crippen LogP contribution in [0.2, 0.25) is 0 Å². The van der Waals surface area contributed by atoms with Crippen LogP contribution in [0.25, 0.3) is 11.1 Å². The summed E-state index contributed by atoms with van der Waals surface area (Å²) in [5, 5.41) is 6.38. The van der Waals surface area contributed by atoms with E-state index in [1.165, 1.54) is 13.2 Å². The maximum atomic E-state index is 13.5. The van der Waals surface area contributed by atoms with Crippen LogP contribution in [0.1, 0.15) is 33.0 Å². The van der Waals surface area contributed by atoms with E-state index in [2.05, 4.69) is 15.4 Å². The Bertz CT molecular complexity index is 1060. The number of hydrogen-bond acceptors (Lipinski definition) is 3. The maximum absolute atomic E-state index is 13.5. The van der Waals surface area contributed by atoms with E-state index in [-0.39, 0.29) is 11.5 Å². The number of nitrogens with one attached hydrogen (secondary N) is 1. The van der Waals surface area contributed by atoms with E-state index in [0.29, 0.717) is 36.2 Å². The number of carbonyl (C=O) groups is 1. The number of aryl methyl sites for hydroxylation is 2. The van der Waals surface area contributed by atoms with Crippen molar-refractivity contribution in [3.63, 3.8) is 0 Å². The van der Waals surface area contributed by atoms with E-state index >= 15 is 0 Å². The summed E-state index contributed by atoms with van der Waals surface area (Å²) in [5.74, 6) is 0.505. The van der Waals surface area contributed by atoms with Crippen LogP contribution < -0.4 is 5.32 Å². The first-order valence-corrected chi connectivity index (χ1v) is 8.77. The Morgan fingerprint density at radius 3 is 2.64 bits per heavy atom. The van der Waals surface area contributed by atoms with Gasteiger partial charge >= 0.3 is 6.18 Å². The van der Waals surface area contributed by atoms with Gasteiger partial charge in [-0.15, -0.1) is 0 Å². The number of carbonyl (C=O) groups excluding carboxylic acids is 1. The van der Waals surface area contributed by atoms with Crippen molar-refractivity contribution in [1.29, 1.82) is 0 Å². The van der Waals surface area contributed by atoms with Gasteiger partial charge in [0, 0.05) is 49.9 Å². The van der Waals surface area contributed by atoms with Gasteiger partial charge in [0.25, 0.3) is 5.91 Å². The second-order valence-electron chi connectivity index (χ2n) is 6.84. The molecule has 4 rings (SSSR count). The molecule has 146 valence electrons. The lowest BCUT2D eigenvalue weighted by Gasteiger charge is -2.22. The predicted molar refractivity (Wildman–Crippen MR) is 95.7 cm³/mol. The first-order valence-electron chi connectivity index (χ1n) is 8.77. The average molecular weight is 389 g/mol. The molecule has 28 heavy (non-hydrogen) atoms. The van der Waals surface area contributed by atoms with Gasteiger partial charge < -0.3 is 9.88 Å². The number of amides is 1. The highest BCUT2D eigenvalue weighted by Gasteiger charge is 2.38. The lowest BCUT2D eigenvalue weighted by Crippen LogP contribution is -2.32. The molecule has 3 heterocycles. The van der Waals surface area contributed by atoms with Crippen molar-refractivity contribution >= 4 is 5.91 Å². The first-order chi connectivity index (χ1) is 13.2. The van der Waals surface area contributed by atoms with Gasteiger partial charge in [0.2, 0.25) is 0 Å². The molecule has 0 unspecified atom stereocenters. The normalized spacial score (nSPS) is 14.1. The Morgan fingerprint density at radius 1 is 1.21 bits per heavy atom. The minimum absolute atomic E-state index is 0.00912. The zero-order chi connectivity index (χ0) is 20.1. The Kier molecular flexibility index (Phi) is 4.24. The number of halogens is 3. The Labute approximate surface area is 159 Å². The number of hydrogen-bond donors (Lipinski definition) is 1. The van der Waals surface area contributed by atoms with Crippen molar-refractivity contribution in [3.05, 3.63) is 58.9 Å². The van der Waals surface area contributed by atoms with Crippen molar-refractivity contribution in [3.8, 4) is 11.1 Å². The van der Waals surface area contributed by atoms with Crippen LogP contribution in [0.4, 0.5) is 13.2 Å². The molecule has 3 aromatic rings. The highest BCUT2D eigenvalue weighted by Crippen LogP contribution is 2.39. The van der Waals surface area contributed by atoms with Gasteiger partial charge in [0.05, 0.1) is 0 Å². The number of alkyl halides is 3. The topological polar surface area (TPSA) is 64.7 Å². The number of aromatic nitrogens is 4. The smallest absolute Gasteiger partial charge is 0.352 e. The molecular weight excluding hydrogens is 371 g/mol. The summed E-state index contributed by atoms with van der Waals surface area (Å²) in [6, 6.07) is 3.47. The molecule has 1 aliphatic heterocycles. The van der Waals surface area contributed by atoms with Gasteiger partial charge in [-0.05, 0) is 42.2 Å². The highest BCUT2D eigenvalue weighted by molar-refractivity contribution is 5.99. The molecule has 9 heteroatoms. The Hall–Kier alpha value is -3.10. The minimum Gasteiger partial charge on any atom is -0.352 e. The van der Waals surface area contributed by atoms with E-state index in [0.717, 1.165) is 16.1 Å². The number of nitrogens with zero attached hydrogens (tertiary/aromatic N) is 4. The molecule has 1 N–H and O–H groups in total. The molecule has 0 spiro atoms. The SMILES string of the molecule is Cc1nccn1Cc1cc2c(c(-c3cn(C)nc3C(F)(F)F)c1)CCNC2=O. The number of benzene rings is 1. The van der Waals surface area contributed by atoms with E-state index < -0.39 is 11.9 Å². The van der Waals surface area contributed by atoms with Crippen LogP contribution >= 0.6 is 0 Å². The highest BCUT2D eigenvalue weighted by atomic mass is 19.4. The summed E-state index contributed by atoms with van der Waals surface area (Å²) in [4.78, 5) is 16.6. The summed E-state index contributed by atoms with van der Waals surface area (Å²) in [7, 11) is 1.45. The molecule has 0 bridgehead atoms. The van der Waals surface area contributed by atoms with E-state index in [4.69, 9.17) is 0 Å². The van der Waals surface area contributed by atoms with Gasteiger partial charge in [-0.1, -0.05) is 0 Å². The predicted octanol–water partition coefficient (Wildman–Crippen LogP) is 2.95. The molecule has 0 radical (unpaired) electrons. The maximum Gasteiger partial charge on any atom is 0.435 e. The monoisotopic (exact) mass is 389 g/mol. The molecule has 1 amide bonds. The van der Waals surface area contributed by atoms with Crippen LogP contribution in [0.3, 0.4) is 0 Å². The van der Waals surface area contributed by atoms with E-state index in [1.807, 2.05) is 11.5 Å². The van der Waals surface area contributed by atoms with Crippen LogP contribution in [0.5, 0.6) is 0 Å². The summed E-state index contributed by atoms with van der Waals surface area (Å²) < 4.78 is 43.7. The second kappa shape index (κ2) is 6.50. The molecule has 0 saturated carbocycles. The summed E-state index contributed by atoms with van der Waals surface area (Å²) in [5.41, 5.74) is 1.20. The summed E-state index contributed by atoms with van der Waals surface area (Å²) in [6.07, 6.45) is 0.686. The van der Waals surface area contributed by atoms with E-state index in [9.17, 15) is 18.0 Å². The minimum atomic E-state index is -4.59. The van der Waals surface area contributed by atoms with Gasteiger partial charge in [0.15, 0.2) is 5.69 Å². The second-order valence-corrected chi connectivity index (χ2v) is 6.84. The standard InChI is InChI=1S/C19H18F3N5O/c1-11-23-5-6-27(11)9-12-7-14(13-3-4-24-18(28)15(13)8-12)16-10-26(2)25-17(16)19(20,21)22/h5-8,10H,3-4,9H2,1-2H3,(H,24,28). The summed E-state index contributed by atoms with van der Waals surface area (Å²) >= 11 is 0. The molecule has 0 aliphatic carbocycles. The molecule has 0 atom stereocenters. The van der Waals surface area contributed by atoms with Crippen LogP contribution in [-0.2, 0) is 26.2 Å². The zero-order valence-electron chi connectivity index (χ0n) is 15.3. The summed E-state index contributed by atoms with van der Waals surface area (Å²) in [6.45, 7) is 2.64. The Balaban J connectivity index is 1.92. The molecule has 0 saturated heterocycles. The van der Waals surface area contributed by atoms with Gasteiger partial charge in [-0.25, -0.2) is 4.98 Å². The van der Waals surface area contributed by atoms with E-state index in [1.54, 1.807) is 24.5 Å². The lowest BCUT2D eigenvalue weighted by atomic mass is 9.89. The third-order valence-electron chi connectivity index (χ3n) is 4.88. The molecule has 1 aromatic carbocycles. The fourth-order valence-corrected chi connectivity index (χ4v) is 3.59. The van der Waals surface area contributed by atoms with Crippen molar-refractivity contribution in [2.24, 2.45) is 7.05 Å². The quantitative estimate of drug-likeness (QED) is 0.749. The van der Waals surface area contributed by atoms with Crippen molar-refractivity contribution < 1.29 is 18.0 Å². The van der Waals surface area contributed by atoms with Crippen LogP contribution in [0, 0.1) is 6.92 Å². The third-order valence-corrected chi connectivity index (χ3v) is 4.88. The fraction of sp³-hybridized carbons (Fsp3) is 0.316. The van der Waals surface area contributed by atoms with Crippen molar-refractivity contribution in [2.75, 3.05) is 6.54 Å². The van der Waals surface area contributed by atoms with Gasteiger partial charge in [-0.2, -0.15) is 18.3 Å². The molecule has 2 aromatic heterocycles. The van der Waals surface area contributed by atoms with Gasteiger partial charge in [0.1, 0.15) is 5.82 Å². The number of fused-ring (bicyclic) bond motifs is 1. The van der Waals surface area contributed by atoms with Gasteiger partial charge in [-0.3, -0.25) is 9.48 Å². The zero-order valence-corrected chi connectivity index (χ0v) is 15.3. The molecule has 0 fully saturated rings. The largest absolute Gasteiger partial charge is 0.435 e. The average Bonchev–Trinajstić information content (AvgIpc) is 3.21. The number of imidazole rings is 1.